The van der Waals surface area contributed by atoms with Gasteiger partial charge in [-0.25, -0.2) is 9.38 Å². The molecule has 4 nitrogen and oxygen atoms in total. The van der Waals surface area contributed by atoms with Crippen LogP contribution in [0.3, 0.4) is 0 Å². The molecule has 2 aromatic rings. The van der Waals surface area contributed by atoms with Crippen molar-refractivity contribution in [2.24, 2.45) is 4.99 Å². The van der Waals surface area contributed by atoms with E-state index in [-0.39, 0.29) is 26.3 Å². The van der Waals surface area contributed by atoms with Crippen molar-refractivity contribution in [2.45, 2.75) is 11.8 Å². The van der Waals surface area contributed by atoms with E-state index >= 15 is 0 Å². The molecule has 0 aliphatic rings. The third kappa shape index (κ3) is 4.36. The van der Waals surface area contributed by atoms with Gasteiger partial charge in [0.05, 0.1) is 32.8 Å². The Morgan fingerprint density at radius 2 is 1.92 bits per heavy atom. The molecule has 0 radical (unpaired) electrons. The topological polar surface area (TPSA) is 50.3 Å². The Bertz CT molecular complexity index is 871. The summed E-state index contributed by atoms with van der Waals surface area (Å²) in [6, 6.07) is 3.83. The van der Waals surface area contributed by atoms with Gasteiger partial charge in [0.25, 0.3) is 0 Å². The lowest BCUT2D eigenvalue weighted by Gasteiger charge is -2.21. The first kappa shape index (κ1) is 21.5. The molecule has 0 N–H and O–H groups in total. The molecule has 0 saturated carbocycles. The predicted molar refractivity (Wildman–Crippen MR) is 109 cm³/mol. The summed E-state index contributed by atoms with van der Waals surface area (Å²) < 4.78 is 20.0. The van der Waals surface area contributed by atoms with Crippen molar-refractivity contribution in [3.8, 4) is 11.8 Å². The Morgan fingerprint density at radius 1 is 1.31 bits per heavy atom. The average Bonchev–Trinajstić information content (AvgIpc) is 2.93. The molecule has 11 heteroatoms. The normalized spacial score (nSPS) is 12.4. The van der Waals surface area contributed by atoms with E-state index in [0.717, 1.165) is 6.40 Å². The fourth-order valence-electron chi connectivity index (χ4n) is 2.13. The summed E-state index contributed by atoms with van der Waals surface area (Å²) in [6.45, 7) is 2.12. The number of nitrogens with zero attached hydrogens (tertiary/aromatic N) is 3. The zero-order valence-electron chi connectivity index (χ0n) is 13.1. The van der Waals surface area contributed by atoms with Gasteiger partial charge in [0.15, 0.2) is 12.2 Å². The summed E-state index contributed by atoms with van der Waals surface area (Å²) in [7, 11) is 9.35. The van der Waals surface area contributed by atoms with Gasteiger partial charge >= 0.3 is 0 Å². The number of aromatic nitrogens is 1. The highest BCUT2D eigenvalue weighted by Gasteiger charge is 2.32. The lowest BCUT2D eigenvalue weighted by molar-refractivity contribution is 0.343. The molecule has 0 atom stereocenters. The van der Waals surface area contributed by atoms with Crippen LogP contribution in [0.4, 0.5) is 10.2 Å². The second-order valence-corrected chi connectivity index (χ2v) is 11.4. The molecule has 0 aliphatic carbocycles. The lowest BCUT2D eigenvalue weighted by atomic mass is 10.3. The standard InChI is InChI=1S/C15H11Cl5FN3OS/c1-2-25-8-23-15-14(26(19,20)7-21)9(5-22)6-24(15)13-11(17)3-10(16)4-12(13)18/h3-4,6,8H,2,7H2,1H3. The molecule has 0 unspecified atom stereocenters. The van der Waals surface area contributed by atoms with Crippen LogP contribution in [0.25, 0.3) is 5.69 Å². The van der Waals surface area contributed by atoms with Crippen molar-refractivity contribution in [3.63, 3.8) is 0 Å². The summed E-state index contributed by atoms with van der Waals surface area (Å²) >= 11 is 18.5. The molecule has 0 saturated heterocycles. The first-order chi connectivity index (χ1) is 12.3. The third-order valence-electron chi connectivity index (χ3n) is 3.13. The van der Waals surface area contributed by atoms with Crippen molar-refractivity contribution in [1.29, 1.82) is 5.26 Å². The average molecular weight is 478 g/mol. The van der Waals surface area contributed by atoms with Crippen molar-refractivity contribution >= 4 is 76.8 Å². The Hall–Kier alpha value is -0.810. The first-order valence-electron chi connectivity index (χ1n) is 6.97. The number of nitriles is 1. The maximum absolute atomic E-state index is 13.5. The number of rotatable bonds is 6. The van der Waals surface area contributed by atoms with E-state index in [0.29, 0.717) is 17.3 Å². The molecular formula is C15H11Cl5FN3OS. The van der Waals surface area contributed by atoms with E-state index in [2.05, 4.69) is 4.99 Å². The summed E-state index contributed by atoms with van der Waals surface area (Å²) in [5.41, 5.74) is 0.347. The van der Waals surface area contributed by atoms with Crippen LogP contribution in [0.1, 0.15) is 12.5 Å². The van der Waals surface area contributed by atoms with Crippen LogP contribution in [0.5, 0.6) is 0 Å². The van der Waals surface area contributed by atoms with E-state index < -0.39 is 14.5 Å². The lowest BCUT2D eigenvalue weighted by Crippen LogP contribution is -1.97. The Balaban J connectivity index is 2.85. The van der Waals surface area contributed by atoms with Crippen molar-refractivity contribution in [1.82, 2.24) is 4.57 Å². The van der Waals surface area contributed by atoms with E-state index in [1.54, 1.807) is 6.92 Å². The second-order valence-electron chi connectivity index (χ2n) is 4.77. The second kappa shape index (κ2) is 8.92. The van der Waals surface area contributed by atoms with Crippen molar-refractivity contribution < 1.29 is 9.13 Å². The number of aliphatic imine (C=N–C) groups is 1. The van der Waals surface area contributed by atoms with Crippen LogP contribution in [-0.4, -0.2) is 23.6 Å². The van der Waals surface area contributed by atoms with Gasteiger partial charge in [-0.1, -0.05) is 34.8 Å². The van der Waals surface area contributed by atoms with E-state index in [4.69, 9.17) is 60.9 Å². The van der Waals surface area contributed by atoms with Crippen LogP contribution in [0.15, 0.2) is 28.2 Å². The first-order valence-corrected chi connectivity index (χ1v) is 11.6. The molecule has 0 amide bonds. The van der Waals surface area contributed by atoms with Gasteiger partial charge in [0, 0.05) is 11.2 Å². The quantitative estimate of drug-likeness (QED) is 0.321. The molecule has 0 aliphatic heterocycles. The maximum Gasteiger partial charge on any atom is 0.176 e. The molecule has 0 bridgehead atoms. The molecule has 1 heterocycles. The van der Waals surface area contributed by atoms with Gasteiger partial charge in [0.2, 0.25) is 0 Å². The number of hydrogen-bond donors (Lipinski definition) is 0. The Morgan fingerprint density at radius 3 is 2.42 bits per heavy atom. The van der Waals surface area contributed by atoms with Gasteiger partial charge in [-0.2, -0.15) is 5.26 Å². The minimum atomic E-state index is -2.98. The molecule has 0 fully saturated rings. The van der Waals surface area contributed by atoms with Crippen molar-refractivity contribution in [2.75, 3.05) is 12.6 Å². The zero-order chi connectivity index (χ0) is 19.5. The highest BCUT2D eigenvalue weighted by Crippen LogP contribution is 2.69. The molecule has 1 aromatic carbocycles. The molecule has 26 heavy (non-hydrogen) atoms. The van der Waals surface area contributed by atoms with Crippen LogP contribution in [-0.2, 0) is 4.74 Å². The minimum absolute atomic E-state index is 0.0494. The smallest absolute Gasteiger partial charge is 0.176 e. The van der Waals surface area contributed by atoms with Crippen LogP contribution < -0.4 is 0 Å². The predicted octanol–water partition coefficient (Wildman–Crippen LogP) is 7.40. The number of hydrogen-bond acceptors (Lipinski definition) is 3. The summed E-state index contributed by atoms with van der Waals surface area (Å²) in [5, 5.41) is 10.2. The van der Waals surface area contributed by atoms with Crippen LogP contribution in [0, 0.1) is 11.3 Å². The SMILES string of the molecule is CCOC=Nc1c(S(Cl)(Cl)CF)c(C#N)cn1-c1c(Cl)cc(Cl)cc1Cl. The Labute approximate surface area is 175 Å². The van der Waals surface area contributed by atoms with Crippen LogP contribution in [0.2, 0.25) is 15.1 Å². The monoisotopic (exact) mass is 475 g/mol. The van der Waals surface area contributed by atoms with Crippen LogP contribution >= 0.6 is 64.6 Å². The van der Waals surface area contributed by atoms with Gasteiger partial charge in [0.1, 0.15) is 12.1 Å². The largest absolute Gasteiger partial charge is 0.483 e. The number of alkyl halides is 1. The third-order valence-corrected chi connectivity index (χ3v) is 6.62. The van der Waals surface area contributed by atoms with E-state index in [9.17, 15) is 9.65 Å². The summed E-state index contributed by atoms with van der Waals surface area (Å²) in [5.74, 6) is 0.0961. The molecule has 1 aromatic heterocycles. The number of halogens is 6. The molecule has 2 rings (SSSR count). The van der Waals surface area contributed by atoms with E-state index in [1.807, 2.05) is 6.07 Å². The van der Waals surface area contributed by atoms with Gasteiger partial charge in [-0.3, -0.25) is 4.57 Å². The molecule has 0 spiro atoms. The number of ether oxygens (including phenoxy) is 1. The van der Waals surface area contributed by atoms with Gasteiger partial charge < -0.3 is 4.74 Å². The fraction of sp³-hybridized carbons (Fsp3) is 0.200. The fourth-order valence-corrected chi connectivity index (χ4v) is 4.98. The Kier molecular flexibility index (Phi) is 7.37. The summed E-state index contributed by atoms with van der Waals surface area (Å²) in [6.07, 6.45) is 2.53. The highest BCUT2D eigenvalue weighted by atomic mass is 36.0. The van der Waals surface area contributed by atoms with E-state index in [1.165, 1.54) is 22.9 Å². The minimum Gasteiger partial charge on any atom is -0.483 e. The van der Waals surface area contributed by atoms with Gasteiger partial charge in [-0.05, 0) is 48.9 Å². The summed E-state index contributed by atoms with van der Waals surface area (Å²) in [4.78, 5) is 4.22. The highest BCUT2D eigenvalue weighted by molar-refractivity contribution is 8.66. The zero-order valence-corrected chi connectivity index (χ0v) is 17.7. The van der Waals surface area contributed by atoms with Gasteiger partial charge in [-0.15, -0.1) is 0 Å². The molecule has 140 valence electrons. The maximum atomic E-state index is 13.5. The molecular weight excluding hydrogens is 467 g/mol. The van der Waals surface area contributed by atoms with Crippen molar-refractivity contribution in [3.05, 3.63) is 39.0 Å². The number of benzene rings is 1.